The monoisotopic (exact) mass is 241 g/mol. The van der Waals surface area contributed by atoms with Crippen LogP contribution in [0.3, 0.4) is 0 Å². The molecule has 1 unspecified atom stereocenters. The summed E-state index contributed by atoms with van der Waals surface area (Å²) in [5.74, 6) is 0.149. The van der Waals surface area contributed by atoms with Crippen LogP contribution in [0.2, 0.25) is 0 Å². The van der Waals surface area contributed by atoms with Crippen LogP contribution in [0, 0.1) is 17.2 Å². The van der Waals surface area contributed by atoms with Gasteiger partial charge >= 0.3 is 0 Å². The minimum Gasteiger partial charge on any atom is -0.264 e. The van der Waals surface area contributed by atoms with Crippen molar-refractivity contribution in [2.24, 2.45) is 5.92 Å². The fourth-order valence-electron chi connectivity index (χ4n) is 2.03. The van der Waals surface area contributed by atoms with Crippen LogP contribution in [-0.2, 0) is 12.0 Å². The lowest BCUT2D eigenvalue weighted by atomic mass is 9.73. The van der Waals surface area contributed by atoms with E-state index < -0.39 is 5.41 Å². The lowest BCUT2D eigenvalue weighted by Crippen LogP contribution is -2.36. The van der Waals surface area contributed by atoms with Crippen LogP contribution in [0.25, 0.3) is 0 Å². The predicted octanol–water partition coefficient (Wildman–Crippen LogP) is 1.79. The normalized spacial score (nSPS) is 14.1. The van der Waals surface area contributed by atoms with Gasteiger partial charge in [-0.3, -0.25) is 9.67 Å². The summed E-state index contributed by atoms with van der Waals surface area (Å²) in [6, 6.07) is 6.23. The number of nitrogens with zero attached hydrogens (tertiary/aromatic N) is 5. The van der Waals surface area contributed by atoms with E-state index in [2.05, 4.69) is 21.1 Å². The fourth-order valence-corrected chi connectivity index (χ4v) is 2.03. The van der Waals surface area contributed by atoms with Gasteiger partial charge in [0.05, 0.1) is 12.6 Å². The number of pyridine rings is 1. The van der Waals surface area contributed by atoms with Crippen LogP contribution in [0.5, 0.6) is 0 Å². The molecular formula is C13H15N5. The highest BCUT2D eigenvalue weighted by Crippen LogP contribution is 2.32. The quantitative estimate of drug-likeness (QED) is 0.818. The summed E-state index contributed by atoms with van der Waals surface area (Å²) in [6.45, 7) is 4.55. The molecular weight excluding hydrogens is 226 g/mol. The van der Waals surface area contributed by atoms with E-state index in [9.17, 15) is 5.26 Å². The maximum absolute atomic E-state index is 9.66. The maximum atomic E-state index is 9.66. The second kappa shape index (κ2) is 4.96. The summed E-state index contributed by atoms with van der Waals surface area (Å²) in [5.41, 5.74) is 0.278. The van der Waals surface area contributed by atoms with Gasteiger partial charge in [0.25, 0.3) is 0 Å². The van der Waals surface area contributed by atoms with Gasteiger partial charge in [-0.1, -0.05) is 19.9 Å². The first-order valence-electron chi connectivity index (χ1n) is 5.83. The standard InChI is InChI=1S/C13H15N5/c1-11(2)13(7-14,8-18-10-16-9-17-18)12-4-3-5-15-6-12/h3-6,9-11H,8H2,1-2H3. The highest BCUT2D eigenvalue weighted by atomic mass is 15.3. The van der Waals surface area contributed by atoms with Crippen molar-refractivity contribution in [2.75, 3.05) is 0 Å². The van der Waals surface area contributed by atoms with Crippen molar-refractivity contribution in [2.45, 2.75) is 25.8 Å². The van der Waals surface area contributed by atoms with Gasteiger partial charge in [-0.25, -0.2) is 4.98 Å². The minimum atomic E-state index is -0.637. The average molecular weight is 241 g/mol. The molecule has 2 rings (SSSR count). The van der Waals surface area contributed by atoms with Crippen molar-refractivity contribution in [3.8, 4) is 6.07 Å². The predicted molar refractivity (Wildman–Crippen MR) is 66.4 cm³/mol. The van der Waals surface area contributed by atoms with E-state index >= 15 is 0 Å². The molecule has 0 aromatic carbocycles. The topological polar surface area (TPSA) is 67.4 Å². The zero-order valence-corrected chi connectivity index (χ0v) is 10.5. The summed E-state index contributed by atoms with van der Waals surface area (Å²) in [5, 5.41) is 13.8. The third-order valence-corrected chi connectivity index (χ3v) is 3.24. The van der Waals surface area contributed by atoms with E-state index in [4.69, 9.17) is 0 Å². The van der Waals surface area contributed by atoms with E-state index in [1.54, 1.807) is 23.4 Å². The van der Waals surface area contributed by atoms with Crippen LogP contribution in [-0.4, -0.2) is 19.7 Å². The molecule has 0 amide bonds. The highest BCUT2D eigenvalue weighted by molar-refractivity contribution is 5.30. The summed E-state index contributed by atoms with van der Waals surface area (Å²) in [4.78, 5) is 8.03. The van der Waals surface area contributed by atoms with Crippen molar-refractivity contribution in [3.63, 3.8) is 0 Å². The van der Waals surface area contributed by atoms with E-state index in [1.807, 2.05) is 26.0 Å². The number of nitriles is 1. The van der Waals surface area contributed by atoms with E-state index in [1.165, 1.54) is 6.33 Å². The van der Waals surface area contributed by atoms with Crippen LogP contribution in [0.1, 0.15) is 19.4 Å². The first kappa shape index (κ1) is 12.2. The van der Waals surface area contributed by atoms with Gasteiger partial charge in [0, 0.05) is 12.4 Å². The largest absolute Gasteiger partial charge is 0.264 e. The van der Waals surface area contributed by atoms with Crippen molar-refractivity contribution in [1.82, 2.24) is 19.7 Å². The molecule has 5 nitrogen and oxygen atoms in total. The Morgan fingerprint density at radius 1 is 1.44 bits per heavy atom. The Morgan fingerprint density at radius 3 is 2.78 bits per heavy atom. The summed E-state index contributed by atoms with van der Waals surface area (Å²) in [6.07, 6.45) is 6.57. The van der Waals surface area contributed by atoms with Crippen molar-refractivity contribution < 1.29 is 0 Å². The molecule has 0 aliphatic heterocycles. The van der Waals surface area contributed by atoms with Gasteiger partial charge in [0.2, 0.25) is 0 Å². The number of hydrogen-bond acceptors (Lipinski definition) is 4. The number of aromatic nitrogens is 4. The molecule has 0 radical (unpaired) electrons. The third kappa shape index (κ3) is 2.09. The Hall–Kier alpha value is -2.22. The van der Waals surface area contributed by atoms with Gasteiger partial charge in [0.1, 0.15) is 18.1 Å². The number of hydrogen-bond donors (Lipinski definition) is 0. The molecule has 0 N–H and O–H groups in total. The second-order valence-corrected chi connectivity index (χ2v) is 4.57. The summed E-state index contributed by atoms with van der Waals surface area (Å²) in [7, 11) is 0. The molecule has 0 fully saturated rings. The lowest BCUT2D eigenvalue weighted by molar-refractivity contribution is 0.327. The Bertz CT molecular complexity index is 526. The molecule has 92 valence electrons. The molecule has 2 aromatic rings. The fraction of sp³-hybridized carbons (Fsp3) is 0.385. The van der Waals surface area contributed by atoms with E-state index in [0.29, 0.717) is 6.54 Å². The maximum Gasteiger partial charge on any atom is 0.137 e. The number of rotatable bonds is 4. The molecule has 0 saturated heterocycles. The average Bonchev–Trinajstić information content (AvgIpc) is 2.89. The van der Waals surface area contributed by atoms with Crippen LogP contribution in [0.4, 0.5) is 0 Å². The van der Waals surface area contributed by atoms with Crippen molar-refractivity contribution in [3.05, 3.63) is 42.7 Å². The smallest absolute Gasteiger partial charge is 0.137 e. The van der Waals surface area contributed by atoms with Crippen LogP contribution in [0.15, 0.2) is 37.2 Å². The van der Waals surface area contributed by atoms with Gasteiger partial charge in [-0.2, -0.15) is 10.4 Å². The zero-order valence-electron chi connectivity index (χ0n) is 10.5. The van der Waals surface area contributed by atoms with Crippen LogP contribution >= 0.6 is 0 Å². The highest BCUT2D eigenvalue weighted by Gasteiger charge is 2.37. The molecule has 2 aromatic heterocycles. The van der Waals surface area contributed by atoms with Crippen LogP contribution < -0.4 is 0 Å². The lowest BCUT2D eigenvalue weighted by Gasteiger charge is -2.30. The summed E-state index contributed by atoms with van der Waals surface area (Å²) < 4.78 is 1.69. The van der Waals surface area contributed by atoms with Gasteiger partial charge in [-0.15, -0.1) is 0 Å². The molecule has 0 bridgehead atoms. The Kier molecular flexibility index (Phi) is 3.38. The molecule has 0 saturated carbocycles. The molecule has 2 heterocycles. The van der Waals surface area contributed by atoms with E-state index in [-0.39, 0.29) is 5.92 Å². The Morgan fingerprint density at radius 2 is 2.28 bits per heavy atom. The second-order valence-electron chi connectivity index (χ2n) is 4.57. The third-order valence-electron chi connectivity index (χ3n) is 3.24. The zero-order chi connectivity index (χ0) is 13.0. The first-order valence-corrected chi connectivity index (χ1v) is 5.83. The molecule has 18 heavy (non-hydrogen) atoms. The molecule has 0 aliphatic carbocycles. The Balaban J connectivity index is 2.44. The van der Waals surface area contributed by atoms with Gasteiger partial charge in [-0.05, 0) is 17.5 Å². The molecule has 0 spiro atoms. The van der Waals surface area contributed by atoms with Crippen molar-refractivity contribution in [1.29, 1.82) is 5.26 Å². The molecule has 0 aliphatic rings. The van der Waals surface area contributed by atoms with Gasteiger partial charge in [0.15, 0.2) is 0 Å². The first-order chi connectivity index (χ1) is 8.69. The summed E-state index contributed by atoms with van der Waals surface area (Å²) >= 11 is 0. The van der Waals surface area contributed by atoms with E-state index in [0.717, 1.165) is 5.56 Å². The minimum absolute atomic E-state index is 0.149. The molecule has 5 heteroatoms. The Labute approximate surface area is 106 Å². The SMILES string of the molecule is CC(C)C(C#N)(Cn1cncn1)c1cccnc1. The molecule has 1 atom stereocenters. The van der Waals surface area contributed by atoms with Gasteiger partial charge < -0.3 is 0 Å². The van der Waals surface area contributed by atoms with Crippen molar-refractivity contribution >= 4 is 0 Å².